The molecular formula is C24H24N4O3S. The van der Waals surface area contributed by atoms with Crippen LogP contribution in [0.5, 0.6) is 11.5 Å². The van der Waals surface area contributed by atoms with Crippen molar-refractivity contribution >= 4 is 28.4 Å². The first kappa shape index (κ1) is 20.5. The van der Waals surface area contributed by atoms with Crippen LogP contribution in [0.1, 0.15) is 41.5 Å². The number of carbonyl (C=O) groups excluding carboxylic acids is 2. The van der Waals surface area contributed by atoms with Crippen molar-refractivity contribution in [3.8, 4) is 11.5 Å². The number of rotatable bonds is 3. The van der Waals surface area contributed by atoms with E-state index < -0.39 is 5.92 Å². The summed E-state index contributed by atoms with van der Waals surface area (Å²) in [5.74, 6) is 1.10. The number of nitrogens with zero attached hydrogens (tertiary/aromatic N) is 2. The van der Waals surface area contributed by atoms with Crippen LogP contribution in [0.15, 0.2) is 48.5 Å². The second-order valence-electron chi connectivity index (χ2n) is 8.26. The van der Waals surface area contributed by atoms with Crippen molar-refractivity contribution in [2.24, 2.45) is 0 Å². The molecule has 0 radical (unpaired) electrons. The number of fused-ring (bicyclic) bond motifs is 3. The van der Waals surface area contributed by atoms with E-state index in [-0.39, 0.29) is 18.0 Å². The van der Waals surface area contributed by atoms with Gasteiger partial charge in [-0.25, -0.2) is 9.78 Å². The fraction of sp³-hybridized carbons (Fsp3) is 0.292. The van der Waals surface area contributed by atoms with E-state index >= 15 is 0 Å². The topological polar surface area (TPSA) is 83.6 Å². The smallest absolute Gasteiger partial charge is 0.321 e. The van der Waals surface area contributed by atoms with E-state index in [1.165, 1.54) is 11.3 Å². The van der Waals surface area contributed by atoms with Crippen LogP contribution in [-0.2, 0) is 17.8 Å². The van der Waals surface area contributed by atoms with Crippen LogP contribution < -0.4 is 15.4 Å². The first-order valence-electron chi connectivity index (χ1n) is 10.7. The molecule has 0 unspecified atom stereocenters. The third-order valence-electron chi connectivity index (χ3n) is 5.61. The van der Waals surface area contributed by atoms with Crippen molar-refractivity contribution < 1.29 is 14.3 Å². The van der Waals surface area contributed by atoms with Crippen LogP contribution in [-0.4, -0.2) is 34.4 Å². The molecule has 5 rings (SSSR count). The van der Waals surface area contributed by atoms with E-state index in [1.807, 2.05) is 67.3 Å². The van der Waals surface area contributed by atoms with Gasteiger partial charge in [-0.2, -0.15) is 0 Å². The second-order valence-corrected chi connectivity index (χ2v) is 9.35. The number of carbonyl (C=O) groups is 2. The number of nitrogens with one attached hydrogen (secondary N) is 2. The van der Waals surface area contributed by atoms with Gasteiger partial charge in [0.15, 0.2) is 5.13 Å². The van der Waals surface area contributed by atoms with Gasteiger partial charge in [0.25, 0.3) is 0 Å². The average molecular weight is 449 g/mol. The lowest BCUT2D eigenvalue weighted by Crippen LogP contribution is -2.39. The molecule has 8 heteroatoms. The van der Waals surface area contributed by atoms with Crippen molar-refractivity contribution in [3.63, 3.8) is 0 Å². The lowest BCUT2D eigenvalue weighted by molar-refractivity contribution is -0.132. The zero-order valence-electron chi connectivity index (χ0n) is 17.9. The van der Waals surface area contributed by atoms with Crippen molar-refractivity contribution in [2.75, 3.05) is 11.9 Å². The summed E-state index contributed by atoms with van der Waals surface area (Å²) in [7, 11) is 0. The van der Waals surface area contributed by atoms with E-state index in [0.717, 1.165) is 33.2 Å². The molecule has 2 N–H and O–H groups in total. The number of urea groups is 1. The highest BCUT2D eigenvalue weighted by Gasteiger charge is 2.36. The molecule has 3 aromatic rings. The number of hydrogen-bond donors (Lipinski definition) is 2. The fourth-order valence-electron chi connectivity index (χ4n) is 4.19. The summed E-state index contributed by atoms with van der Waals surface area (Å²) in [6.07, 6.45) is 0.664. The Morgan fingerprint density at radius 1 is 1.09 bits per heavy atom. The van der Waals surface area contributed by atoms with E-state index in [4.69, 9.17) is 4.74 Å². The second kappa shape index (κ2) is 8.27. The predicted octanol–water partition coefficient (Wildman–Crippen LogP) is 4.50. The van der Waals surface area contributed by atoms with Crippen LogP contribution in [0.4, 0.5) is 9.93 Å². The van der Waals surface area contributed by atoms with Gasteiger partial charge in [-0.3, -0.25) is 10.1 Å². The van der Waals surface area contributed by atoms with Crippen LogP contribution in [0.25, 0.3) is 0 Å². The Balaban J connectivity index is 1.39. The largest absolute Gasteiger partial charge is 0.457 e. The molecule has 164 valence electrons. The summed E-state index contributed by atoms with van der Waals surface area (Å²) in [4.78, 5) is 33.3. The first-order valence-corrected chi connectivity index (χ1v) is 11.5. The molecule has 0 aliphatic carbocycles. The quantitative estimate of drug-likeness (QED) is 0.618. The number of aromatic nitrogens is 1. The molecule has 2 aliphatic rings. The van der Waals surface area contributed by atoms with Crippen molar-refractivity contribution in [1.82, 2.24) is 15.2 Å². The van der Waals surface area contributed by atoms with E-state index in [9.17, 15) is 9.59 Å². The molecule has 0 saturated heterocycles. The monoisotopic (exact) mass is 448 g/mol. The number of anilines is 1. The molecule has 3 heterocycles. The molecule has 1 aromatic heterocycles. The van der Waals surface area contributed by atoms with Crippen LogP contribution in [0.3, 0.4) is 0 Å². The SMILES string of the molecule is CC(C)NC(=O)Nc1nc2c(s1)CN(C(=O)C1c3ccccc3Oc3ccccc31)CC2. The predicted molar refractivity (Wildman–Crippen MR) is 123 cm³/mol. The minimum absolute atomic E-state index is 0.0444. The highest BCUT2D eigenvalue weighted by molar-refractivity contribution is 7.15. The molecule has 32 heavy (non-hydrogen) atoms. The molecule has 2 aromatic carbocycles. The highest BCUT2D eigenvalue weighted by Crippen LogP contribution is 2.45. The maximum Gasteiger partial charge on any atom is 0.321 e. The normalized spacial score (nSPS) is 14.8. The molecule has 2 aliphatic heterocycles. The Hall–Kier alpha value is -3.39. The van der Waals surface area contributed by atoms with E-state index in [2.05, 4.69) is 15.6 Å². The summed E-state index contributed by atoms with van der Waals surface area (Å²) in [6, 6.07) is 15.2. The summed E-state index contributed by atoms with van der Waals surface area (Å²) in [6.45, 7) is 4.89. The van der Waals surface area contributed by atoms with Gasteiger partial charge in [-0.1, -0.05) is 47.7 Å². The van der Waals surface area contributed by atoms with Crippen molar-refractivity contribution in [3.05, 3.63) is 70.2 Å². The third-order valence-corrected chi connectivity index (χ3v) is 6.61. The molecule has 0 saturated carbocycles. The lowest BCUT2D eigenvalue weighted by Gasteiger charge is -2.33. The van der Waals surface area contributed by atoms with Crippen molar-refractivity contribution in [1.29, 1.82) is 0 Å². The van der Waals surface area contributed by atoms with Gasteiger partial charge in [0.1, 0.15) is 11.5 Å². The summed E-state index contributed by atoms with van der Waals surface area (Å²) in [5, 5.41) is 6.16. The number of para-hydroxylation sites is 2. The average Bonchev–Trinajstić information content (AvgIpc) is 3.17. The van der Waals surface area contributed by atoms with Gasteiger partial charge in [0, 0.05) is 35.0 Å². The maximum absolute atomic E-state index is 13.8. The molecule has 7 nitrogen and oxygen atoms in total. The third kappa shape index (κ3) is 3.82. The number of ether oxygens (including phenoxy) is 1. The first-order chi connectivity index (χ1) is 15.5. The van der Waals surface area contributed by atoms with Gasteiger partial charge < -0.3 is 15.0 Å². The Labute approximate surface area is 190 Å². The van der Waals surface area contributed by atoms with Crippen LogP contribution in [0.2, 0.25) is 0 Å². The standard InChI is InChI=1S/C24H24N4O3S/c1-14(2)25-23(30)27-24-26-17-11-12-28(13-20(17)32-24)22(29)21-15-7-3-5-9-18(15)31-19-10-6-4-8-16(19)21/h3-10,14,21H,11-13H2,1-2H3,(H2,25,26,27,30). The molecule has 0 spiro atoms. The Bertz CT molecular complexity index is 1140. The molecule has 0 fully saturated rings. The molecule has 3 amide bonds. The summed E-state index contributed by atoms with van der Waals surface area (Å²) >= 11 is 1.43. The Kier molecular flexibility index (Phi) is 5.30. The van der Waals surface area contributed by atoms with Gasteiger partial charge in [-0.15, -0.1) is 0 Å². The summed E-state index contributed by atoms with van der Waals surface area (Å²) in [5.41, 5.74) is 2.73. The number of hydrogen-bond acceptors (Lipinski definition) is 5. The van der Waals surface area contributed by atoms with E-state index in [1.54, 1.807) is 0 Å². The molecule has 0 bridgehead atoms. The Morgan fingerprint density at radius 3 is 2.41 bits per heavy atom. The zero-order valence-corrected chi connectivity index (χ0v) is 18.7. The van der Waals surface area contributed by atoms with E-state index in [0.29, 0.717) is 24.6 Å². The lowest BCUT2D eigenvalue weighted by atomic mass is 9.86. The van der Waals surface area contributed by atoms with Crippen molar-refractivity contribution in [2.45, 2.75) is 38.8 Å². The minimum Gasteiger partial charge on any atom is -0.457 e. The number of amides is 3. The zero-order chi connectivity index (χ0) is 22.2. The maximum atomic E-state index is 13.8. The van der Waals surface area contributed by atoms with Crippen LogP contribution >= 0.6 is 11.3 Å². The number of thiazole rings is 1. The number of benzene rings is 2. The van der Waals surface area contributed by atoms with Gasteiger partial charge in [-0.05, 0) is 26.0 Å². The minimum atomic E-state index is -0.403. The Morgan fingerprint density at radius 2 is 1.75 bits per heavy atom. The van der Waals surface area contributed by atoms with Gasteiger partial charge in [0.05, 0.1) is 18.2 Å². The molecule has 0 atom stereocenters. The highest BCUT2D eigenvalue weighted by atomic mass is 32.1. The van der Waals surface area contributed by atoms with Gasteiger partial charge >= 0.3 is 6.03 Å². The molecular weight excluding hydrogens is 424 g/mol. The fourth-order valence-corrected chi connectivity index (χ4v) is 5.21. The summed E-state index contributed by atoms with van der Waals surface area (Å²) < 4.78 is 6.04. The van der Waals surface area contributed by atoms with Crippen LogP contribution in [0, 0.1) is 0 Å². The van der Waals surface area contributed by atoms with Gasteiger partial charge in [0.2, 0.25) is 5.91 Å².